The van der Waals surface area contributed by atoms with E-state index in [2.05, 4.69) is 19.0 Å². The third-order valence-electron chi connectivity index (χ3n) is 3.85. The minimum Gasteiger partial charge on any atom is -0.337 e. The van der Waals surface area contributed by atoms with Gasteiger partial charge in [0.05, 0.1) is 0 Å². The van der Waals surface area contributed by atoms with E-state index in [1.165, 1.54) is 6.42 Å². The Kier molecular flexibility index (Phi) is 4.56. The molecule has 1 fully saturated rings. The van der Waals surface area contributed by atoms with Crippen LogP contribution >= 0.6 is 0 Å². The number of amides is 1. The van der Waals surface area contributed by atoms with Gasteiger partial charge in [-0.15, -0.1) is 0 Å². The molecule has 1 aromatic carbocycles. The van der Waals surface area contributed by atoms with Crippen LogP contribution in [0.4, 0.5) is 0 Å². The zero-order chi connectivity index (χ0) is 13.8. The Morgan fingerprint density at radius 3 is 2.63 bits per heavy atom. The van der Waals surface area contributed by atoms with Gasteiger partial charge in [-0.2, -0.15) is 0 Å². The highest BCUT2D eigenvalue weighted by molar-refractivity contribution is 5.94. The van der Waals surface area contributed by atoms with E-state index >= 15 is 0 Å². The third-order valence-corrected chi connectivity index (χ3v) is 3.85. The van der Waals surface area contributed by atoms with Crippen LogP contribution in [0.5, 0.6) is 0 Å². The highest BCUT2D eigenvalue weighted by Gasteiger charge is 2.25. The normalized spacial score (nSPS) is 19.8. The first-order valence-corrected chi connectivity index (χ1v) is 6.86. The number of carbonyl (C=O) groups is 1. The molecule has 0 saturated carbocycles. The molecule has 1 aliphatic heterocycles. The summed E-state index contributed by atoms with van der Waals surface area (Å²) in [5, 5.41) is 0. The van der Waals surface area contributed by atoms with Crippen molar-refractivity contribution in [3.8, 4) is 0 Å². The van der Waals surface area contributed by atoms with Crippen molar-refractivity contribution in [2.24, 2.45) is 5.73 Å². The van der Waals surface area contributed by atoms with Gasteiger partial charge in [0, 0.05) is 31.2 Å². The van der Waals surface area contributed by atoms with E-state index in [1.54, 1.807) is 0 Å². The minimum atomic E-state index is 0.134. The zero-order valence-electron chi connectivity index (χ0n) is 11.8. The van der Waals surface area contributed by atoms with Gasteiger partial charge in [0.25, 0.3) is 5.91 Å². The van der Waals surface area contributed by atoms with Crippen molar-refractivity contribution in [1.82, 2.24) is 9.80 Å². The fraction of sp³-hybridized carbons (Fsp3) is 0.533. The number of likely N-dealkylation sites (tertiary alicyclic amines) is 1. The van der Waals surface area contributed by atoms with E-state index < -0.39 is 0 Å². The quantitative estimate of drug-likeness (QED) is 0.892. The van der Waals surface area contributed by atoms with E-state index in [-0.39, 0.29) is 5.91 Å². The zero-order valence-corrected chi connectivity index (χ0v) is 11.8. The summed E-state index contributed by atoms with van der Waals surface area (Å²) in [6.07, 6.45) is 2.25. The molecule has 1 heterocycles. The van der Waals surface area contributed by atoms with Crippen molar-refractivity contribution in [2.45, 2.75) is 25.4 Å². The lowest BCUT2D eigenvalue weighted by atomic mass is 10.0. The van der Waals surface area contributed by atoms with Gasteiger partial charge in [-0.05, 0) is 44.6 Å². The Morgan fingerprint density at radius 1 is 1.37 bits per heavy atom. The van der Waals surface area contributed by atoms with Crippen molar-refractivity contribution in [3.63, 3.8) is 0 Å². The number of likely N-dealkylation sites (N-methyl/N-ethyl adjacent to an activating group) is 1. The molecule has 104 valence electrons. The molecule has 0 spiro atoms. The van der Waals surface area contributed by atoms with Gasteiger partial charge in [-0.1, -0.05) is 12.1 Å². The summed E-state index contributed by atoms with van der Waals surface area (Å²) < 4.78 is 0. The molecule has 1 amide bonds. The summed E-state index contributed by atoms with van der Waals surface area (Å²) in [6.45, 7) is 2.20. The smallest absolute Gasteiger partial charge is 0.253 e. The molecule has 2 N–H and O–H groups in total. The molecule has 1 aromatic rings. The Labute approximate surface area is 115 Å². The molecule has 1 saturated heterocycles. The van der Waals surface area contributed by atoms with Crippen molar-refractivity contribution in [2.75, 3.05) is 27.2 Å². The van der Waals surface area contributed by atoms with E-state index in [9.17, 15) is 4.79 Å². The van der Waals surface area contributed by atoms with E-state index in [4.69, 9.17) is 5.73 Å². The SMILES string of the molecule is CN(C)C1CCCN(C(=O)c2ccc(CN)cc2)C1. The molecule has 0 radical (unpaired) electrons. The summed E-state index contributed by atoms with van der Waals surface area (Å²) in [6, 6.07) is 8.09. The monoisotopic (exact) mass is 261 g/mol. The first-order chi connectivity index (χ1) is 9.11. The molecule has 2 rings (SSSR count). The summed E-state index contributed by atoms with van der Waals surface area (Å²) in [5.74, 6) is 0.134. The second kappa shape index (κ2) is 6.17. The maximum absolute atomic E-state index is 12.4. The van der Waals surface area contributed by atoms with Gasteiger partial charge in [0.2, 0.25) is 0 Å². The molecule has 1 atom stereocenters. The second-order valence-electron chi connectivity index (χ2n) is 5.41. The second-order valence-corrected chi connectivity index (χ2v) is 5.41. The van der Waals surface area contributed by atoms with E-state index in [0.717, 1.165) is 30.6 Å². The van der Waals surface area contributed by atoms with Crippen LogP contribution in [-0.4, -0.2) is 48.9 Å². The number of nitrogens with zero attached hydrogens (tertiary/aromatic N) is 2. The summed E-state index contributed by atoms with van der Waals surface area (Å²) in [4.78, 5) is 16.6. The molecule has 4 heteroatoms. The minimum absolute atomic E-state index is 0.134. The van der Waals surface area contributed by atoms with E-state index in [1.807, 2.05) is 29.2 Å². The summed E-state index contributed by atoms with van der Waals surface area (Å²) >= 11 is 0. The van der Waals surface area contributed by atoms with Crippen LogP contribution in [0.25, 0.3) is 0 Å². The molecule has 1 unspecified atom stereocenters. The van der Waals surface area contributed by atoms with Gasteiger partial charge in [0.1, 0.15) is 0 Å². The number of hydrogen-bond donors (Lipinski definition) is 1. The van der Waals surface area contributed by atoms with E-state index in [0.29, 0.717) is 12.6 Å². The van der Waals surface area contributed by atoms with Crippen LogP contribution in [0.2, 0.25) is 0 Å². The van der Waals surface area contributed by atoms with Crippen LogP contribution in [-0.2, 0) is 6.54 Å². The highest BCUT2D eigenvalue weighted by Crippen LogP contribution is 2.16. The number of hydrogen-bond acceptors (Lipinski definition) is 3. The lowest BCUT2D eigenvalue weighted by Crippen LogP contribution is -2.47. The molecule has 0 bridgehead atoms. The van der Waals surface area contributed by atoms with Gasteiger partial charge in [0.15, 0.2) is 0 Å². The molecule has 0 aliphatic carbocycles. The van der Waals surface area contributed by atoms with Crippen molar-refractivity contribution < 1.29 is 4.79 Å². The lowest BCUT2D eigenvalue weighted by Gasteiger charge is -2.36. The predicted molar refractivity (Wildman–Crippen MR) is 76.9 cm³/mol. The number of nitrogens with two attached hydrogens (primary N) is 1. The summed E-state index contributed by atoms with van der Waals surface area (Å²) in [5.41, 5.74) is 7.39. The number of rotatable bonds is 3. The number of carbonyl (C=O) groups excluding carboxylic acids is 1. The molecule has 4 nitrogen and oxygen atoms in total. The van der Waals surface area contributed by atoms with Gasteiger partial charge in [-0.25, -0.2) is 0 Å². The topological polar surface area (TPSA) is 49.6 Å². The fourth-order valence-corrected chi connectivity index (χ4v) is 2.53. The maximum Gasteiger partial charge on any atom is 0.253 e. The summed E-state index contributed by atoms with van der Waals surface area (Å²) in [7, 11) is 4.16. The van der Waals surface area contributed by atoms with Gasteiger partial charge >= 0.3 is 0 Å². The van der Waals surface area contributed by atoms with Crippen molar-refractivity contribution in [3.05, 3.63) is 35.4 Å². The Balaban J connectivity index is 2.05. The standard InChI is InChI=1S/C15H23N3O/c1-17(2)14-4-3-9-18(11-14)15(19)13-7-5-12(10-16)6-8-13/h5-8,14H,3-4,9-11,16H2,1-2H3. The molecule has 0 aromatic heterocycles. The Bertz CT molecular complexity index is 428. The maximum atomic E-state index is 12.4. The van der Waals surface area contributed by atoms with Crippen LogP contribution in [0.1, 0.15) is 28.8 Å². The Morgan fingerprint density at radius 2 is 2.05 bits per heavy atom. The lowest BCUT2D eigenvalue weighted by molar-refractivity contribution is 0.0635. The van der Waals surface area contributed by atoms with Gasteiger partial charge in [-0.3, -0.25) is 4.79 Å². The number of piperidine rings is 1. The average Bonchev–Trinajstić information content (AvgIpc) is 2.46. The van der Waals surface area contributed by atoms with Crippen LogP contribution in [0.15, 0.2) is 24.3 Å². The first kappa shape index (κ1) is 14.0. The van der Waals surface area contributed by atoms with Crippen LogP contribution in [0.3, 0.4) is 0 Å². The average molecular weight is 261 g/mol. The Hall–Kier alpha value is -1.39. The fourth-order valence-electron chi connectivity index (χ4n) is 2.53. The van der Waals surface area contributed by atoms with Crippen LogP contribution < -0.4 is 5.73 Å². The molecular formula is C15H23N3O. The molecule has 1 aliphatic rings. The van der Waals surface area contributed by atoms with Crippen LogP contribution in [0, 0.1) is 0 Å². The highest BCUT2D eigenvalue weighted by atomic mass is 16.2. The first-order valence-electron chi connectivity index (χ1n) is 6.86. The third kappa shape index (κ3) is 3.33. The van der Waals surface area contributed by atoms with Crippen molar-refractivity contribution >= 4 is 5.91 Å². The molecule has 19 heavy (non-hydrogen) atoms. The largest absolute Gasteiger partial charge is 0.337 e. The number of benzene rings is 1. The predicted octanol–water partition coefficient (Wildman–Crippen LogP) is 1.31. The van der Waals surface area contributed by atoms with Crippen molar-refractivity contribution in [1.29, 1.82) is 0 Å². The van der Waals surface area contributed by atoms with Gasteiger partial charge < -0.3 is 15.5 Å². The molecular weight excluding hydrogens is 238 g/mol.